The summed E-state index contributed by atoms with van der Waals surface area (Å²) >= 11 is 0. The van der Waals surface area contributed by atoms with Crippen LogP contribution in [0.25, 0.3) is 85.0 Å². The van der Waals surface area contributed by atoms with Crippen LogP contribution in [0.15, 0.2) is 177 Å². The minimum atomic E-state index is -0.233. The van der Waals surface area contributed by atoms with Crippen molar-refractivity contribution >= 4 is 11.4 Å². The van der Waals surface area contributed by atoms with Gasteiger partial charge in [0.2, 0.25) is 5.82 Å². The van der Waals surface area contributed by atoms with Crippen LogP contribution >= 0.6 is 0 Å². The van der Waals surface area contributed by atoms with E-state index < -0.39 is 0 Å². The Hall–Kier alpha value is -11.0. The first kappa shape index (κ1) is 60.7. The van der Waals surface area contributed by atoms with Gasteiger partial charge in [0, 0.05) is 105 Å². The van der Waals surface area contributed by atoms with E-state index in [0.29, 0.717) is 22.6 Å². The molecule has 0 radical (unpaired) electrons. The lowest BCUT2D eigenvalue weighted by atomic mass is 9.68. The minimum Gasteiger partial charge on any atom is -0.371 e. The van der Waals surface area contributed by atoms with E-state index in [1.54, 1.807) is 18.5 Å². The fourth-order valence-corrected chi connectivity index (χ4v) is 16.0. The second kappa shape index (κ2) is 24.9. The van der Waals surface area contributed by atoms with Gasteiger partial charge >= 0.3 is 0 Å². The first-order valence-corrected chi connectivity index (χ1v) is 34.3. The zero-order valence-corrected chi connectivity index (χ0v) is 55.4. The summed E-state index contributed by atoms with van der Waals surface area (Å²) in [4.78, 5) is 12.3. The molecule has 6 aromatic carbocycles. The smallest absolute Gasteiger partial charge is 0.203 e. The molecule has 7 aliphatic rings. The molecule has 0 unspecified atom stereocenters. The SMILES string of the molecule is CN(C)[C@@H]1CCN(c2ccc3c(c2)Cn2cc(-c4ccc(C#N)cc4)cc2-c2nncn2-3)C1.Cc1cn2c(n1)-c1cc(-c3ccc(C#N)cc3)cn1Cc1cc(N3CCC4(CCC4)C3)ccc1-2.Fc1ccc(-c2cc3n(c2)Cc2cc(CC4CCNCC4)ccc2-n2nnnc2-3)cc1. The highest BCUT2D eigenvalue weighted by molar-refractivity contribution is 5.76. The maximum Gasteiger partial charge on any atom is 0.203 e. The number of tetrazole rings is 1. The molecule has 12 heterocycles. The van der Waals surface area contributed by atoms with E-state index >= 15 is 0 Å². The normalized spacial score (nSPS) is 16.7. The number of imidazole rings is 1. The predicted octanol–water partition coefficient (Wildman–Crippen LogP) is 13.5. The molecule has 3 saturated heterocycles. The Bertz CT molecular complexity index is 5070. The topological polar surface area (TPSA) is 176 Å². The van der Waals surface area contributed by atoms with Crippen molar-refractivity contribution in [3.05, 3.63) is 222 Å². The number of piperidine rings is 1. The Morgan fingerprint density at radius 2 is 1.14 bits per heavy atom. The molecular weight excluding hydrogens is 1220 g/mol. The molecule has 1 N–H and O–H groups in total. The van der Waals surface area contributed by atoms with Gasteiger partial charge in [-0.3, -0.25) is 9.13 Å². The summed E-state index contributed by atoms with van der Waals surface area (Å²) in [7, 11) is 4.33. The Labute approximate surface area is 569 Å². The number of hydrogen-bond acceptors (Lipinski definition) is 12. The van der Waals surface area contributed by atoms with Crippen LogP contribution in [-0.4, -0.2) is 123 Å². The molecule has 0 bridgehead atoms. The van der Waals surface area contributed by atoms with Gasteiger partial charge in [0.1, 0.15) is 12.1 Å². The van der Waals surface area contributed by atoms with Gasteiger partial charge < -0.3 is 33.7 Å². The van der Waals surface area contributed by atoms with Gasteiger partial charge in [-0.05, 0) is 237 Å². The summed E-state index contributed by atoms with van der Waals surface area (Å²) in [6.07, 6.45) is 20.8. The summed E-state index contributed by atoms with van der Waals surface area (Å²) in [5.74, 6) is 3.05. The van der Waals surface area contributed by atoms with Crippen LogP contribution in [-0.2, 0) is 26.1 Å². The molecule has 6 aromatic heterocycles. The van der Waals surface area contributed by atoms with Crippen LogP contribution < -0.4 is 15.1 Å². The van der Waals surface area contributed by atoms with Gasteiger partial charge in [-0.1, -0.05) is 55.0 Å². The van der Waals surface area contributed by atoms with Gasteiger partial charge in [0.25, 0.3) is 0 Å². The Kier molecular flexibility index (Phi) is 15.4. The Balaban J connectivity index is 0.000000111. The van der Waals surface area contributed by atoms with E-state index in [0.717, 1.165) is 143 Å². The summed E-state index contributed by atoms with van der Waals surface area (Å²) in [6, 6.07) is 54.0. The highest BCUT2D eigenvalue weighted by Crippen LogP contribution is 2.49. The molecular formula is C79H75FN18. The van der Waals surface area contributed by atoms with E-state index in [9.17, 15) is 4.39 Å². The highest BCUT2D eigenvalue weighted by atomic mass is 19.1. The molecule has 19 heteroatoms. The maximum atomic E-state index is 13.4. The number of fused-ring (bicyclic) bond motifs is 15. The molecule has 1 aliphatic carbocycles. The highest BCUT2D eigenvalue weighted by Gasteiger charge is 2.43. The number of likely N-dealkylation sites (N-methyl/N-ethyl adjacent to an activating group) is 1. The van der Waals surface area contributed by atoms with Crippen LogP contribution in [0.2, 0.25) is 0 Å². The van der Waals surface area contributed by atoms with Gasteiger partial charge in [-0.25, -0.2) is 9.37 Å². The third-order valence-electron chi connectivity index (χ3n) is 21.6. The van der Waals surface area contributed by atoms with Crippen LogP contribution in [0.4, 0.5) is 15.8 Å². The number of nitrogens with one attached hydrogen (secondary N) is 1. The van der Waals surface area contributed by atoms with Crippen LogP contribution in [0, 0.1) is 46.7 Å². The first-order valence-electron chi connectivity index (χ1n) is 34.3. The lowest BCUT2D eigenvalue weighted by Gasteiger charge is -2.38. The van der Waals surface area contributed by atoms with Gasteiger partial charge in [-0.2, -0.15) is 15.2 Å². The van der Waals surface area contributed by atoms with Crippen molar-refractivity contribution in [2.45, 2.75) is 84.0 Å². The predicted molar refractivity (Wildman–Crippen MR) is 379 cm³/mol. The largest absolute Gasteiger partial charge is 0.371 e. The van der Waals surface area contributed by atoms with Crippen molar-refractivity contribution in [1.29, 1.82) is 10.5 Å². The number of aromatic nitrogens is 12. The number of benzene rings is 6. The van der Waals surface area contributed by atoms with E-state index in [1.807, 2.05) is 53.2 Å². The van der Waals surface area contributed by atoms with Crippen molar-refractivity contribution in [2.24, 2.45) is 11.3 Å². The lowest BCUT2D eigenvalue weighted by Crippen LogP contribution is -2.33. The number of nitriles is 2. The number of aryl methyl sites for hydroxylation is 1. The standard InChI is InChI=1S/C29H27N5.C26H25N7.C24H23FN6/c1-20-16-34-26-8-7-25(32-12-11-29(19-32)9-2-10-29)13-24(26)18-33-17-23(14-27(33)28(34)31-20)22-5-3-21(15-30)4-6-22;1-30(2)23-9-10-31(16-23)22-7-8-24-21(11-22)15-32-14-20(19-5-3-18(13-27)4-6-19)12-25(32)26-29-28-17-33(24)26;25-21-4-2-18(3-5-21)19-13-23-24-27-28-29-31(24)22-6-1-17(11-16-7-9-26-10-8-16)12-20(22)15-30(23)14-19/h3-8,13-14,16-17H,2,9-12,18-19H2,1H3;3-8,11-12,14,17,23H,9-10,15-16H2,1-2H3;1-6,12-14,16,26H,7-11,15H2/t;23-;/m.1./s1. The number of hydrogen-bond donors (Lipinski definition) is 1. The first-order chi connectivity index (χ1) is 47.9. The molecule has 1 saturated carbocycles. The lowest BCUT2D eigenvalue weighted by molar-refractivity contribution is 0.165. The molecule has 4 fully saturated rings. The second-order valence-corrected chi connectivity index (χ2v) is 28.0. The number of halogens is 1. The van der Waals surface area contributed by atoms with E-state index in [1.165, 1.54) is 109 Å². The van der Waals surface area contributed by atoms with Crippen LogP contribution in [0.3, 0.4) is 0 Å². The summed E-state index contributed by atoms with van der Waals surface area (Å²) < 4.78 is 26.3. The fourth-order valence-electron chi connectivity index (χ4n) is 16.0. The van der Waals surface area contributed by atoms with Crippen molar-refractivity contribution in [3.63, 3.8) is 0 Å². The van der Waals surface area contributed by atoms with Gasteiger partial charge in [0.15, 0.2) is 11.6 Å². The van der Waals surface area contributed by atoms with Gasteiger partial charge in [-0.15, -0.1) is 15.3 Å². The summed E-state index contributed by atoms with van der Waals surface area (Å²) in [5.41, 5.74) is 23.7. The molecule has 19 rings (SSSR count). The molecule has 18 nitrogen and oxygen atoms in total. The molecule has 6 aliphatic heterocycles. The van der Waals surface area contributed by atoms with Crippen molar-refractivity contribution < 1.29 is 4.39 Å². The van der Waals surface area contributed by atoms with Crippen molar-refractivity contribution in [2.75, 3.05) is 63.2 Å². The zero-order valence-electron chi connectivity index (χ0n) is 55.4. The Morgan fingerprint density at radius 3 is 1.72 bits per heavy atom. The zero-order chi connectivity index (χ0) is 66.2. The van der Waals surface area contributed by atoms with E-state index in [2.05, 4.69) is 199 Å². The summed E-state index contributed by atoms with van der Waals surface area (Å²) in [6.45, 7) is 11.1. The monoisotopic (exact) mass is 1290 g/mol. The average molecular weight is 1300 g/mol. The maximum absolute atomic E-state index is 13.4. The van der Waals surface area contributed by atoms with Crippen molar-refractivity contribution in [1.82, 2.24) is 68.4 Å². The average Bonchev–Trinajstić information content (AvgIpc) is 1.62. The van der Waals surface area contributed by atoms with E-state index in [-0.39, 0.29) is 5.82 Å². The summed E-state index contributed by atoms with van der Waals surface area (Å²) in [5, 5.41) is 42.9. The molecule has 12 aromatic rings. The third-order valence-corrected chi connectivity index (χ3v) is 21.6. The van der Waals surface area contributed by atoms with E-state index in [4.69, 9.17) is 15.5 Å². The number of anilines is 2. The number of nitrogens with zero attached hydrogens (tertiary/aromatic N) is 17. The molecule has 1 atom stereocenters. The Morgan fingerprint density at radius 1 is 0.571 bits per heavy atom. The number of rotatable bonds is 8. The molecule has 98 heavy (non-hydrogen) atoms. The molecule has 488 valence electrons. The van der Waals surface area contributed by atoms with Crippen molar-refractivity contribution in [3.8, 4) is 97.1 Å². The molecule has 1 spiro atoms. The minimum absolute atomic E-state index is 0.233. The van der Waals surface area contributed by atoms with Gasteiger partial charge in [0.05, 0.1) is 63.1 Å². The quantitative estimate of drug-likeness (QED) is 0.153. The second-order valence-electron chi connectivity index (χ2n) is 28.0. The molecule has 0 amide bonds. The van der Waals surface area contributed by atoms with Crippen LogP contribution in [0.1, 0.15) is 84.0 Å². The van der Waals surface area contributed by atoms with Crippen LogP contribution in [0.5, 0.6) is 0 Å². The third kappa shape index (κ3) is 11.3. The fraction of sp³-hybridized carbons (Fsp3) is 0.291.